The fourth-order valence-electron chi connectivity index (χ4n) is 1.92. The lowest BCUT2D eigenvalue weighted by molar-refractivity contribution is -0.120. The zero-order chi connectivity index (χ0) is 18.2. The van der Waals surface area contributed by atoms with Crippen LogP contribution in [0.4, 0.5) is 4.39 Å². The van der Waals surface area contributed by atoms with Crippen LogP contribution in [0.15, 0.2) is 53.4 Å². The molecule has 0 aliphatic rings. The Morgan fingerprint density at radius 2 is 1.76 bits per heavy atom. The number of aryl methyl sites for hydroxylation is 1. The van der Waals surface area contributed by atoms with Crippen molar-refractivity contribution in [3.8, 4) is 0 Å². The van der Waals surface area contributed by atoms with E-state index in [4.69, 9.17) is 12.2 Å². The molecule has 4 nitrogen and oxygen atoms in total. The van der Waals surface area contributed by atoms with Gasteiger partial charge in [-0.3, -0.25) is 15.6 Å². The van der Waals surface area contributed by atoms with Gasteiger partial charge in [0.15, 0.2) is 5.11 Å². The fourth-order valence-corrected chi connectivity index (χ4v) is 2.91. The Kier molecular flexibility index (Phi) is 7.21. The first-order valence-corrected chi connectivity index (χ1v) is 9.04. The summed E-state index contributed by atoms with van der Waals surface area (Å²) in [7, 11) is 0. The lowest BCUT2D eigenvalue weighted by Crippen LogP contribution is -2.48. The van der Waals surface area contributed by atoms with E-state index in [1.807, 2.05) is 38.1 Å². The number of nitrogens with one attached hydrogen (secondary N) is 3. The number of hydrazine groups is 1. The smallest absolute Gasteiger partial charge is 0.251 e. The van der Waals surface area contributed by atoms with Crippen molar-refractivity contribution in [2.45, 2.75) is 30.5 Å². The van der Waals surface area contributed by atoms with E-state index in [-0.39, 0.29) is 17.0 Å². The van der Waals surface area contributed by atoms with Crippen LogP contribution in [0.2, 0.25) is 0 Å². The zero-order valence-corrected chi connectivity index (χ0v) is 15.6. The topological polar surface area (TPSA) is 53.2 Å². The number of thiocarbonyl (C=S) groups is 1. The summed E-state index contributed by atoms with van der Waals surface area (Å²) in [5.74, 6) is -0.451. The number of halogens is 1. The Bertz CT molecular complexity index is 720. The van der Waals surface area contributed by atoms with Crippen molar-refractivity contribution >= 4 is 35.0 Å². The van der Waals surface area contributed by atoms with E-state index in [0.29, 0.717) is 11.7 Å². The minimum absolute atomic E-state index is 0.170. The number of rotatable bonds is 5. The van der Waals surface area contributed by atoms with Gasteiger partial charge in [-0.15, -0.1) is 11.8 Å². The van der Waals surface area contributed by atoms with Gasteiger partial charge in [-0.2, -0.15) is 0 Å². The second kappa shape index (κ2) is 9.39. The molecule has 0 aliphatic heterocycles. The second-order valence-corrected chi connectivity index (χ2v) is 7.32. The van der Waals surface area contributed by atoms with Crippen LogP contribution in [0.1, 0.15) is 18.1 Å². The summed E-state index contributed by atoms with van der Waals surface area (Å²) < 4.78 is 12.8. The molecule has 0 saturated carbocycles. The van der Waals surface area contributed by atoms with Gasteiger partial charge in [-0.25, -0.2) is 4.39 Å². The number of amides is 1. The van der Waals surface area contributed by atoms with E-state index in [1.54, 1.807) is 12.1 Å². The third-order valence-corrected chi connectivity index (χ3v) is 4.73. The summed E-state index contributed by atoms with van der Waals surface area (Å²) in [5.41, 5.74) is 7.33. The molecule has 0 fully saturated rings. The summed E-state index contributed by atoms with van der Waals surface area (Å²) in [6.07, 6.45) is 0. The van der Waals surface area contributed by atoms with Crippen LogP contribution in [0.25, 0.3) is 0 Å². The maximum absolute atomic E-state index is 12.8. The van der Waals surface area contributed by atoms with Crippen LogP contribution in [-0.2, 0) is 11.3 Å². The normalized spacial score (nSPS) is 11.5. The molecule has 2 aromatic carbocycles. The van der Waals surface area contributed by atoms with E-state index < -0.39 is 0 Å². The van der Waals surface area contributed by atoms with E-state index >= 15 is 0 Å². The number of thioether (sulfide) groups is 1. The molecular weight excluding hydrogens is 357 g/mol. The minimum Gasteiger partial charge on any atom is -0.357 e. The van der Waals surface area contributed by atoms with Crippen LogP contribution < -0.4 is 16.2 Å². The molecule has 2 rings (SSSR count). The van der Waals surface area contributed by atoms with Crippen molar-refractivity contribution in [3.63, 3.8) is 0 Å². The molecule has 0 aliphatic carbocycles. The van der Waals surface area contributed by atoms with Gasteiger partial charge >= 0.3 is 0 Å². The number of hydrogen-bond acceptors (Lipinski definition) is 3. The highest BCUT2D eigenvalue weighted by molar-refractivity contribution is 8.00. The van der Waals surface area contributed by atoms with Crippen molar-refractivity contribution in [2.24, 2.45) is 0 Å². The van der Waals surface area contributed by atoms with Gasteiger partial charge in [0.25, 0.3) is 5.91 Å². The Morgan fingerprint density at radius 1 is 1.12 bits per heavy atom. The van der Waals surface area contributed by atoms with Crippen molar-refractivity contribution < 1.29 is 9.18 Å². The van der Waals surface area contributed by atoms with Gasteiger partial charge in [0, 0.05) is 11.4 Å². The van der Waals surface area contributed by atoms with Gasteiger partial charge in [-0.1, -0.05) is 29.8 Å². The van der Waals surface area contributed by atoms with Crippen LogP contribution in [-0.4, -0.2) is 16.3 Å². The van der Waals surface area contributed by atoms with Crippen LogP contribution in [0.5, 0.6) is 0 Å². The molecule has 132 valence electrons. The quantitative estimate of drug-likeness (QED) is 0.424. The van der Waals surface area contributed by atoms with E-state index in [9.17, 15) is 9.18 Å². The standard InChI is InChI=1S/C18H20FN3OS2/c1-12-3-9-16(10-4-12)25-13(2)17(23)21-22-18(24)20-11-14-5-7-15(19)8-6-14/h3-10,13H,11H2,1-2H3,(H,21,23)(H2,20,22,24)/t13-/m1/s1. The summed E-state index contributed by atoms with van der Waals surface area (Å²) >= 11 is 6.58. The first-order chi connectivity index (χ1) is 11.9. The third kappa shape index (κ3) is 6.72. The Labute approximate surface area is 156 Å². The number of carbonyl (C=O) groups excluding carboxylic acids is 1. The molecule has 25 heavy (non-hydrogen) atoms. The van der Waals surface area contributed by atoms with Crippen molar-refractivity contribution in [3.05, 3.63) is 65.5 Å². The Hall–Kier alpha value is -2.12. The van der Waals surface area contributed by atoms with E-state index in [2.05, 4.69) is 16.2 Å². The SMILES string of the molecule is Cc1ccc(S[C@H](C)C(=O)NNC(=S)NCc2ccc(F)cc2)cc1. The van der Waals surface area contributed by atoms with E-state index in [0.717, 1.165) is 10.5 Å². The summed E-state index contributed by atoms with van der Waals surface area (Å²) in [6.45, 7) is 4.29. The first kappa shape index (κ1) is 19.2. The molecule has 0 saturated heterocycles. The predicted octanol–water partition coefficient (Wildman–Crippen LogP) is 3.31. The summed E-state index contributed by atoms with van der Waals surface area (Å²) in [5, 5.41) is 2.97. The van der Waals surface area contributed by atoms with E-state index in [1.165, 1.54) is 29.5 Å². The van der Waals surface area contributed by atoms with Crippen LogP contribution in [0.3, 0.4) is 0 Å². The molecule has 0 spiro atoms. The van der Waals surface area contributed by atoms with Gasteiger partial charge in [0.05, 0.1) is 5.25 Å². The zero-order valence-electron chi connectivity index (χ0n) is 14.0. The van der Waals surface area contributed by atoms with Gasteiger partial charge < -0.3 is 5.32 Å². The first-order valence-electron chi connectivity index (χ1n) is 7.75. The maximum Gasteiger partial charge on any atom is 0.251 e. The number of benzene rings is 2. The highest BCUT2D eigenvalue weighted by Crippen LogP contribution is 2.23. The van der Waals surface area contributed by atoms with Crippen molar-refractivity contribution in [1.82, 2.24) is 16.2 Å². The predicted molar refractivity (Wildman–Crippen MR) is 104 cm³/mol. The van der Waals surface area contributed by atoms with Crippen LogP contribution >= 0.6 is 24.0 Å². The monoisotopic (exact) mass is 377 g/mol. The van der Waals surface area contributed by atoms with Crippen molar-refractivity contribution in [1.29, 1.82) is 0 Å². The minimum atomic E-state index is -0.281. The molecule has 0 heterocycles. The highest BCUT2D eigenvalue weighted by Gasteiger charge is 2.14. The molecule has 0 bridgehead atoms. The number of hydrogen-bond donors (Lipinski definition) is 3. The molecule has 1 atom stereocenters. The Morgan fingerprint density at radius 3 is 2.40 bits per heavy atom. The molecule has 3 N–H and O–H groups in total. The lowest BCUT2D eigenvalue weighted by Gasteiger charge is -2.15. The van der Waals surface area contributed by atoms with Gasteiger partial charge in [0.1, 0.15) is 5.82 Å². The number of carbonyl (C=O) groups is 1. The molecule has 0 unspecified atom stereocenters. The Balaban J connectivity index is 1.71. The summed E-state index contributed by atoms with van der Waals surface area (Å²) in [4.78, 5) is 13.1. The average molecular weight is 378 g/mol. The van der Waals surface area contributed by atoms with Gasteiger partial charge in [0.2, 0.25) is 0 Å². The largest absolute Gasteiger partial charge is 0.357 e. The molecule has 1 amide bonds. The van der Waals surface area contributed by atoms with Gasteiger partial charge in [-0.05, 0) is 55.9 Å². The lowest BCUT2D eigenvalue weighted by atomic mass is 10.2. The fraction of sp³-hybridized carbons (Fsp3) is 0.222. The molecule has 2 aromatic rings. The van der Waals surface area contributed by atoms with Crippen molar-refractivity contribution in [2.75, 3.05) is 0 Å². The third-order valence-electron chi connectivity index (χ3n) is 3.37. The molecule has 7 heteroatoms. The maximum atomic E-state index is 12.8. The molecule has 0 aromatic heterocycles. The average Bonchev–Trinajstić information content (AvgIpc) is 2.61. The highest BCUT2D eigenvalue weighted by atomic mass is 32.2. The molecular formula is C18H20FN3OS2. The molecule has 0 radical (unpaired) electrons. The second-order valence-electron chi connectivity index (χ2n) is 5.50. The van der Waals surface area contributed by atoms with Crippen LogP contribution in [0, 0.1) is 12.7 Å². The summed E-state index contributed by atoms with van der Waals surface area (Å²) in [6, 6.07) is 14.1.